The molecule has 1 heterocycles. The van der Waals surface area contributed by atoms with Crippen LogP contribution in [0.2, 0.25) is 0 Å². The summed E-state index contributed by atoms with van der Waals surface area (Å²) in [6, 6.07) is -0.472. The Bertz CT molecular complexity index is 233. The predicted molar refractivity (Wildman–Crippen MR) is 67.0 cm³/mol. The Kier molecular flexibility index (Phi) is 6.52. The van der Waals surface area contributed by atoms with E-state index in [4.69, 9.17) is 5.11 Å². The summed E-state index contributed by atoms with van der Waals surface area (Å²) in [6.45, 7) is 3.52. The standard InChI is InChI=1S/C13H25NO3/c1-2-3-4-5-6-7-8-14-10-11(15)9-12(14)13(16)17/h11-12,15H,2-10H2,1H3,(H,16,17). The lowest BCUT2D eigenvalue weighted by Crippen LogP contribution is -2.36. The second kappa shape index (κ2) is 7.67. The molecule has 1 fully saturated rings. The van der Waals surface area contributed by atoms with Crippen LogP contribution in [0, 0.1) is 0 Å². The molecule has 0 spiro atoms. The van der Waals surface area contributed by atoms with Crippen LogP contribution in [-0.4, -0.2) is 46.3 Å². The number of carboxylic acid groups (broad SMARTS) is 1. The van der Waals surface area contributed by atoms with Gasteiger partial charge in [0.15, 0.2) is 0 Å². The van der Waals surface area contributed by atoms with E-state index in [1.165, 1.54) is 32.1 Å². The van der Waals surface area contributed by atoms with Crippen LogP contribution in [0.25, 0.3) is 0 Å². The van der Waals surface area contributed by atoms with Crippen molar-refractivity contribution < 1.29 is 15.0 Å². The molecule has 0 bridgehead atoms. The SMILES string of the molecule is CCCCCCCCN1CC(O)CC1C(=O)O. The van der Waals surface area contributed by atoms with Crippen molar-refractivity contribution in [3.05, 3.63) is 0 Å². The van der Waals surface area contributed by atoms with Crippen molar-refractivity contribution in [1.29, 1.82) is 0 Å². The van der Waals surface area contributed by atoms with E-state index in [-0.39, 0.29) is 0 Å². The van der Waals surface area contributed by atoms with E-state index in [0.29, 0.717) is 13.0 Å². The molecule has 0 aromatic heterocycles. The average molecular weight is 243 g/mol. The van der Waals surface area contributed by atoms with E-state index in [0.717, 1.165) is 13.0 Å². The Morgan fingerprint density at radius 3 is 2.53 bits per heavy atom. The van der Waals surface area contributed by atoms with Crippen LogP contribution >= 0.6 is 0 Å². The molecule has 0 aromatic rings. The highest BCUT2D eigenvalue weighted by atomic mass is 16.4. The number of aliphatic hydroxyl groups excluding tert-OH is 1. The van der Waals surface area contributed by atoms with Gasteiger partial charge in [-0.1, -0.05) is 39.0 Å². The summed E-state index contributed by atoms with van der Waals surface area (Å²) in [6.07, 6.45) is 7.18. The van der Waals surface area contributed by atoms with Gasteiger partial charge >= 0.3 is 5.97 Å². The number of nitrogens with zero attached hydrogens (tertiary/aromatic N) is 1. The van der Waals surface area contributed by atoms with E-state index in [9.17, 15) is 9.90 Å². The van der Waals surface area contributed by atoms with Crippen molar-refractivity contribution >= 4 is 5.97 Å². The third-order valence-corrected chi connectivity index (χ3v) is 3.47. The molecule has 1 aliphatic rings. The Morgan fingerprint density at radius 1 is 1.24 bits per heavy atom. The van der Waals surface area contributed by atoms with Crippen molar-refractivity contribution in [3.63, 3.8) is 0 Å². The lowest BCUT2D eigenvalue weighted by molar-refractivity contribution is -0.142. The van der Waals surface area contributed by atoms with Crippen LogP contribution in [0.4, 0.5) is 0 Å². The van der Waals surface area contributed by atoms with E-state index in [1.807, 2.05) is 4.90 Å². The molecule has 0 amide bonds. The predicted octanol–water partition coefficient (Wildman–Crippen LogP) is 1.87. The van der Waals surface area contributed by atoms with Gasteiger partial charge in [-0.15, -0.1) is 0 Å². The smallest absolute Gasteiger partial charge is 0.321 e. The number of hydrogen-bond donors (Lipinski definition) is 2. The summed E-state index contributed by atoms with van der Waals surface area (Å²) >= 11 is 0. The number of aliphatic hydroxyl groups is 1. The molecular weight excluding hydrogens is 218 g/mol. The fourth-order valence-electron chi connectivity index (χ4n) is 2.48. The Labute approximate surface area is 104 Å². The zero-order chi connectivity index (χ0) is 12.7. The summed E-state index contributed by atoms with van der Waals surface area (Å²) in [4.78, 5) is 12.9. The highest BCUT2D eigenvalue weighted by Gasteiger charge is 2.35. The summed E-state index contributed by atoms with van der Waals surface area (Å²) in [5, 5.41) is 18.5. The summed E-state index contributed by atoms with van der Waals surface area (Å²) in [7, 11) is 0. The Morgan fingerprint density at radius 2 is 1.88 bits per heavy atom. The third-order valence-electron chi connectivity index (χ3n) is 3.47. The fourth-order valence-corrected chi connectivity index (χ4v) is 2.48. The molecule has 0 aliphatic carbocycles. The lowest BCUT2D eigenvalue weighted by Gasteiger charge is -2.20. The van der Waals surface area contributed by atoms with Crippen molar-refractivity contribution in [3.8, 4) is 0 Å². The normalized spacial score (nSPS) is 25.3. The molecule has 4 nitrogen and oxygen atoms in total. The number of carboxylic acids is 1. The van der Waals surface area contributed by atoms with Gasteiger partial charge in [0.1, 0.15) is 6.04 Å². The number of carbonyl (C=O) groups is 1. The number of β-amino-alcohol motifs (C(OH)–C–C–N with tert-alkyl or cyclic N) is 1. The molecule has 2 atom stereocenters. The second-order valence-corrected chi connectivity index (χ2v) is 5.01. The van der Waals surface area contributed by atoms with Gasteiger partial charge in [0.2, 0.25) is 0 Å². The number of aliphatic carboxylic acids is 1. The molecule has 0 aromatic carbocycles. The molecule has 0 saturated carbocycles. The minimum absolute atomic E-state index is 0.380. The molecule has 1 rings (SSSR count). The van der Waals surface area contributed by atoms with Crippen LogP contribution in [0.15, 0.2) is 0 Å². The topological polar surface area (TPSA) is 60.8 Å². The van der Waals surface area contributed by atoms with Gasteiger partial charge in [-0.3, -0.25) is 9.69 Å². The van der Waals surface area contributed by atoms with E-state index in [2.05, 4.69) is 6.92 Å². The molecule has 1 aliphatic heterocycles. The monoisotopic (exact) mass is 243 g/mol. The van der Waals surface area contributed by atoms with E-state index < -0.39 is 18.1 Å². The first-order chi connectivity index (χ1) is 8.15. The van der Waals surface area contributed by atoms with Gasteiger partial charge in [-0.05, 0) is 13.0 Å². The highest BCUT2D eigenvalue weighted by Crippen LogP contribution is 2.19. The van der Waals surface area contributed by atoms with Gasteiger partial charge < -0.3 is 10.2 Å². The first-order valence-corrected chi connectivity index (χ1v) is 6.80. The largest absolute Gasteiger partial charge is 0.480 e. The van der Waals surface area contributed by atoms with Gasteiger partial charge in [0.05, 0.1) is 6.10 Å². The zero-order valence-corrected chi connectivity index (χ0v) is 10.8. The van der Waals surface area contributed by atoms with Crippen molar-refractivity contribution in [1.82, 2.24) is 4.90 Å². The second-order valence-electron chi connectivity index (χ2n) is 5.01. The van der Waals surface area contributed by atoms with Crippen LogP contribution in [-0.2, 0) is 4.79 Å². The maximum Gasteiger partial charge on any atom is 0.321 e. The number of unbranched alkanes of at least 4 members (excludes halogenated alkanes) is 5. The molecular formula is C13H25NO3. The Balaban J connectivity index is 2.15. The average Bonchev–Trinajstić information content (AvgIpc) is 2.65. The maximum absolute atomic E-state index is 11.0. The lowest BCUT2D eigenvalue weighted by atomic mass is 10.1. The van der Waals surface area contributed by atoms with Crippen molar-refractivity contribution in [2.75, 3.05) is 13.1 Å². The molecule has 1 saturated heterocycles. The van der Waals surface area contributed by atoms with Crippen LogP contribution in [0.3, 0.4) is 0 Å². The summed E-state index contributed by atoms with van der Waals surface area (Å²) < 4.78 is 0. The summed E-state index contributed by atoms with van der Waals surface area (Å²) in [5.74, 6) is -0.799. The molecule has 0 radical (unpaired) electrons. The van der Waals surface area contributed by atoms with Crippen LogP contribution < -0.4 is 0 Å². The van der Waals surface area contributed by atoms with Crippen LogP contribution in [0.1, 0.15) is 51.9 Å². The molecule has 2 unspecified atom stereocenters. The molecule has 17 heavy (non-hydrogen) atoms. The quantitative estimate of drug-likeness (QED) is 0.639. The minimum Gasteiger partial charge on any atom is -0.480 e. The number of hydrogen-bond acceptors (Lipinski definition) is 3. The zero-order valence-electron chi connectivity index (χ0n) is 10.8. The number of rotatable bonds is 8. The van der Waals surface area contributed by atoms with E-state index in [1.54, 1.807) is 0 Å². The van der Waals surface area contributed by atoms with Crippen LogP contribution in [0.5, 0.6) is 0 Å². The van der Waals surface area contributed by atoms with Crippen molar-refractivity contribution in [2.24, 2.45) is 0 Å². The molecule has 100 valence electrons. The van der Waals surface area contributed by atoms with Gasteiger partial charge in [-0.25, -0.2) is 0 Å². The molecule has 2 N–H and O–H groups in total. The Hall–Kier alpha value is -0.610. The minimum atomic E-state index is -0.799. The van der Waals surface area contributed by atoms with Crippen molar-refractivity contribution in [2.45, 2.75) is 64.0 Å². The number of likely N-dealkylation sites (tertiary alicyclic amines) is 1. The fraction of sp³-hybridized carbons (Fsp3) is 0.923. The maximum atomic E-state index is 11.0. The first-order valence-electron chi connectivity index (χ1n) is 6.80. The molecule has 4 heteroatoms. The highest BCUT2D eigenvalue weighted by molar-refractivity contribution is 5.74. The van der Waals surface area contributed by atoms with Gasteiger partial charge in [0.25, 0.3) is 0 Å². The van der Waals surface area contributed by atoms with Gasteiger partial charge in [0, 0.05) is 13.0 Å². The summed E-state index contributed by atoms with van der Waals surface area (Å²) in [5.41, 5.74) is 0. The van der Waals surface area contributed by atoms with Gasteiger partial charge in [-0.2, -0.15) is 0 Å². The third kappa shape index (κ3) is 5.04. The first kappa shape index (κ1) is 14.5. The van der Waals surface area contributed by atoms with E-state index >= 15 is 0 Å².